The zero-order chi connectivity index (χ0) is 13.5. The number of ether oxygens (including phenoxy) is 1. The summed E-state index contributed by atoms with van der Waals surface area (Å²) in [5, 5.41) is 7.59. The zero-order valence-electron chi connectivity index (χ0n) is 10.4. The molecule has 0 aliphatic carbocycles. The SMILES string of the molecule is COCCNc1nc(CSc2ccccc2Cl)no1. The highest BCUT2D eigenvalue weighted by Crippen LogP contribution is 2.28. The van der Waals surface area contributed by atoms with E-state index in [1.54, 1.807) is 18.9 Å². The van der Waals surface area contributed by atoms with Crippen LogP contribution in [0.25, 0.3) is 0 Å². The molecule has 0 radical (unpaired) electrons. The monoisotopic (exact) mass is 299 g/mol. The first-order valence-corrected chi connectivity index (χ1v) is 7.08. The van der Waals surface area contributed by atoms with Crippen molar-refractivity contribution < 1.29 is 9.26 Å². The lowest BCUT2D eigenvalue weighted by Gasteiger charge is -2.00. The molecule has 5 nitrogen and oxygen atoms in total. The molecule has 102 valence electrons. The average molecular weight is 300 g/mol. The van der Waals surface area contributed by atoms with E-state index in [2.05, 4.69) is 15.5 Å². The van der Waals surface area contributed by atoms with Crippen LogP contribution in [0, 0.1) is 0 Å². The van der Waals surface area contributed by atoms with Gasteiger partial charge in [0.2, 0.25) is 0 Å². The van der Waals surface area contributed by atoms with Crippen LogP contribution in [0.15, 0.2) is 33.7 Å². The molecule has 0 atom stereocenters. The van der Waals surface area contributed by atoms with Gasteiger partial charge in [-0.2, -0.15) is 4.98 Å². The van der Waals surface area contributed by atoms with Crippen LogP contribution in [0.2, 0.25) is 5.02 Å². The van der Waals surface area contributed by atoms with Crippen LogP contribution in [0.5, 0.6) is 0 Å². The Morgan fingerprint density at radius 2 is 2.26 bits per heavy atom. The lowest BCUT2D eigenvalue weighted by atomic mass is 10.4. The molecule has 1 N–H and O–H groups in total. The number of rotatable bonds is 7. The fourth-order valence-corrected chi connectivity index (χ4v) is 2.43. The minimum absolute atomic E-state index is 0.409. The van der Waals surface area contributed by atoms with Crippen molar-refractivity contribution >= 4 is 29.4 Å². The van der Waals surface area contributed by atoms with Gasteiger partial charge in [0, 0.05) is 18.6 Å². The van der Waals surface area contributed by atoms with E-state index in [0.29, 0.717) is 30.7 Å². The Balaban J connectivity index is 1.85. The van der Waals surface area contributed by atoms with E-state index in [-0.39, 0.29) is 0 Å². The van der Waals surface area contributed by atoms with E-state index in [1.165, 1.54) is 0 Å². The van der Waals surface area contributed by atoms with Gasteiger partial charge in [-0.1, -0.05) is 28.9 Å². The number of halogens is 1. The Bertz CT molecular complexity index is 521. The number of benzene rings is 1. The number of hydrogen-bond donors (Lipinski definition) is 1. The van der Waals surface area contributed by atoms with Crippen LogP contribution in [-0.2, 0) is 10.5 Å². The second kappa shape index (κ2) is 7.37. The van der Waals surface area contributed by atoms with Crippen molar-refractivity contribution in [2.75, 3.05) is 25.6 Å². The topological polar surface area (TPSA) is 60.2 Å². The summed E-state index contributed by atoms with van der Waals surface area (Å²) < 4.78 is 9.97. The molecule has 19 heavy (non-hydrogen) atoms. The number of aromatic nitrogens is 2. The maximum Gasteiger partial charge on any atom is 0.321 e. The molecule has 1 aromatic heterocycles. The maximum absolute atomic E-state index is 6.07. The minimum atomic E-state index is 0.409. The highest BCUT2D eigenvalue weighted by molar-refractivity contribution is 7.98. The molecule has 0 amide bonds. The highest BCUT2D eigenvalue weighted by atomic mass is 35.5. The fraction of sp³-hybridized carbons (Fsp3) is 0.333. The predicted octanol–water partition coefficient (Wildman–Crippen LogP) is 3.07. The number of nitrogens with one attached hydrogen (secondary N) is 1. The normalized spacial score (nSPS) is 10.6. The molecule has 1 aromatic carbocycles. The number of hydrogen-bond acceptors (Lipinski definition) is 6. The third-order valence-corrected chi connectivity index (χ3v) is 3.76. The van der Waals surface area contributed by atoms with Gasteiger partial charge in [-0.3, -0.25) is 0 Å². The van der Waals surface area contributed by atoms with Gasteiger partial charge in [0.1, 0.15) is 0 Å². The Hall–Kier alpha value is -1.24. The number of anilines is 1. The fourth-order valence-electron chi connectivity index (χ4n) is 1.35. The molecule has 0 bridgehead atoms. The third kappa shape index (κ3) is 4.41. The Labute approximate surface area is 120 Å². The molecular weight excluding hydrogens is 286 g/mol. The summed E-state index contributed by atoms with van der Waals surface area (Å²) in [6.07, 6.45) is 0. The van der Waals surface area contributed by atoms with Crippen LogP contribution < -0.4 is 5.32 Å². The molecule has 7 heteroatoms. The Morgan fingerprint density at radius 3 is 3.05 bits per heavy atom. The van der Waals surface area contributed by atoms with E-state index >= 15 is 0 Å². The first kappa shape index (κ1) is 14.2. The molecule has 2 rings (SSSR count). The molecule has 0 fully saturated rings. The third-order valence-electron chi connectivity index (χ3n) is 2.24. The molecule has 0 aliphatic heterocycles. The first-order valence-electron chi connectivity index (χ1n) is 5.72. The second-order valence-electron chi connectivity index (χ2n) is 3.65. The Kier molecular flexibility index (Phi) is 5.50. The summed E-state index contributed by atoms with van der Waals surface area (Å²) in [7, 11) is 1.64. The van der Waals surface area contributed by atoms with Crippen LogP contribution in [0.1, 0.15) is 5.82 Å². The quantitative estimate of drug-likeness (QED) is 0.626. The second-order valence-corrected chi connectivity index (χ2v) is 5.08. The van der Waals surface area contributed by atoms with E-state index in [0.717, 1.165) is 9.92 Å². The van der Waals surface area contributed by atoms with Gasteiger partial charge in [-0.05, 0) is 12.1 Å². The van der Waals surface area contributed by atoms with Crippen molar-refractivity contribution in [1.29, 1.82) is 0 Å². The number of methoxy groups -OCH3 is 1. The van der Waals surface area contributed by atoms with Crippen molar-refractivity contribution in [2.45, 2.75) is 10.6 Å². The standard InChI is InChI=1S/C12H14ClN3O2S/c1-17-7-6-14-12-15-11(16-18-12)8-19-10-5-3-2-4-9(10)13/h2-5H,6-8H2,1H3,(H,14,15,16). The Morgan fingerprint density at radius 1 is 1.42 bits per heavy atom. The molecule has 2 aromatic rings. The molecule has 0 aliphatic rings. The van der Waals surface area contributed by atoms with E-state index in [9.17, 15) is 0 Å². The van der Waals surface area contributed by atoms with Gasteiger partial charge in [0.15, 0.2) is 5.82 Å². The van der Waals surface area contributed by atoms with Crippen molar-refractivity contribution in [3.8, 4) is 0 Å². The summed E-state index contributed by atoms with van der Waals surface area (Å²) in [6, 6.07) is 8.08. The van der Waals surface area contributed by atoms with E-state index in [1.807, 2.05) is 24.3 Å². The molecule has 0 unspecified atom stereocenters. The van der Waals surface area contributed by atoms with Crippen LogP contribution in [-0.4, -0.2) is 30.4 Å². The molecule has 0 saturated carbocycles. The van der Waals surface area contributed by atoms with Gasteiger partial charge in [0.05, 0.1) is 17.4 Å². The van der Waals surface area contributed by atoms with Gasteiger partial charge in [-0.25, -0.2) is 0 Å². The smallest absolute Gasteiger partial charge is 0.321 e. The lowest BCUT2D eigenvalue weighted by Crippen LogP contribution is -2.07. The lowest BCUT2D eigenvalue weighted by molar-refractivity contribution is 0.210. The average Bonchev–Trinajstić information content (AvgIpc) is 2.86. The molecule has 0 spiro atoms. The highest BCUT2D eigenvalue weighted by Gasteiger charge is 2.07. The maximum atomic E-state index is 6.07. The van der Waals surface area contributed by atoms with Crippen molar-refractivity contribution in [3.63, 3.8) is 0 Å². The zero-order valence-corrected chi connectivity index (χ0v) is 12.0. The van der Waals surface area contributed by atoms with Gasteiger partial charge in [0.25, 0.3) is 0 Å². The minimum Gasteiger partial charge on any atom is -0.383 e. The molecule has 1 heterocycles. The van der Waals surface area contributed by atoms with E-state index < -0.39 is 0 Å². The van der Waals surface area contributed by atoms with E-state index in [4.69, 9.17) is 20.9 Å². The van der Waals surface area contributed by atoms with Crippen LogP contribution >= 0.6 is 23.4 Å². The van der Waals surface area contributed by atoms with Crippen LogP contribution in [0.4, 0.5) is 6.01 Å². The number of nitrogens with zero attached hydrogens (tertiary/aromatic N) is 2. The van der Waals surface area contributed by atoms with Gasteiger partial charge in [-0.15, -0.1) is 11.8 Å². The predicted molar refractivity (Wildman–Crippen MR) is 75.7 cm³/mol. The van der Waals surface area contributed by atoms with Crippen LogP contribution in [0.3, 0.4) is 0 Å². The van der Waals surface area contributed by atoms with Gasteiger partial charge >= 0.3 is 6.01 Å². The summed E-state index contributed by atoms with van der Waals surface area (Å²) in [5.74, 6) is 1.24. The summed E-state index contributed by atoms with van der Waals surface area (Å²) in [4.78, 5) is 5.22. The molecule has 0 saturated heterocycles. The largest absolute Gasteiger partial charge is 0.383 e. The summed E-state index contributed by atoms with van der Waals surface area (Å²) in [6.45, 7) is 1.22. The molecular formula is C12H14ClN3O2S. The van der Waals surface area contributed by atoms with Crippen molar-refractivity contribution in [3.05, 3.63) is 35.1 Å². The van der Waals surface area contributed by atoms with Crippen molar-refractivity contribution in [1.82, 2.24) is 10.1 Å². The first-order chi connectivity index (χ1) is 9.29. The summed E-state index contributed by atoms with van der Waals surface area (Å²) in [5.41, 5.74) is 0. The summed E-state index contributed by atoms with van der Waals surface area (Å²) >= 11 is 7.64. The van der Waals surface area contributed by atoms with Gasteiger partial charge < -0.3 is 14.6 Å². The van der Waals surface area contributed by atoms with Crippen molar-refractivity contribution in [2.24, 2.45) is 0 Å². The number of thioether (sulfide) groups is 1.